The van der Waals surface area contributed by atoms with E-state index in [0.29, 0.717) is 5.02 Å². The Hall–Kier alpha value is -0.745. The second-order valence-electron chi connectivity index (χ2n) is 6.52. The molecule has 0 atom stereocenters. The van der Waals surface area contributed by atoms with E-state index in [2.05, 4.69) is 18.4 Å². The molecule has 0 aliphatic carbocycles. The Morgan fingerprint density at radius 2 is 1.76 bits per heavy atom. The van der Waals surface area contributed by atoms with Gasteiger partial charge in [0.2, 0.25) is 0 Å². The third-order valence-electron chi connectivity index (χ3n) is 4.38. The Bertz CT molecular complexity index is 519. The number of benzene rings is 1. The van der Waals surface area contributed by atoms with Gasteiger partial charge in [0.25, 0.3) is 0 Å². The number of aryl methyl sites for hydroxylation is 1. The summed E-state index contributed by atoms with van der Waals surface area (Å²) in [6, 6.07) is 3.92. The van der Waals surface area contributed by atoms with E-state index in [1.807, 2.05) is 33.8 Å². The van der Waals surface area contributed by atoms with Gasteiger partial charge >= 0.3 is 7.12 Å². The van der Waals surface area contributed by atoms with Gasteiger partial charge in [0.05, 0.1) is 21.9 Å². The molecule has 1 aromatic carbocycles. The Balaban J connectivity index is 2.38. The highest BCUT2D eigenvalue weighted by atomic mass is 35.5. The third kappa shape index (κ3) is 3.06. The lowest BCUT2D eigenvalue weighted by molar-refractivity contribution is 0.00578. The number of nitrogens with one attached hydrogen (secondary N) is 1. The summed E-state index contributed by atoms with van der Waals surface area (Å²) in [6.45, 7) is 10.3. The molecule has 6 heteroatoms. The van der Waals surface area contributed by atoms with Gasteiger partial charge in [-0.15, -0.1) is 0 Å². The molecule has 3 N–H and O–H groups in total. The van der Waals surface area contributed by atoms with Gasteiger partial charge in [-0.25, -0.2) is 0 Å². The van der Waals surface area contributed by atoms with E-state index in [4.69, 9.17) is 26.8 Å². The lowest BCUT2D eigenvalue weighted by Gasteiger charge is -2.32. The highest BCUT2D eigenvalue weighted by Gasteiger charge is 2.51. The third-order valence-corrected chi connectivity index (χ3v) is 4.68. The summed E-state index contributed by atoms with van der Waals surface area (Å²) in [4.78, 5) is 0. The number of halogens is 1. The van der Waals surface area contributed by atoms with Gasteiger partial charge in [-0.05, 0) is 51.2 Å². The molecular weight excluding hydrogens is 286 g/mol. The fraction of sp³-hybridized carbons (Fsp3) is 0.600. The lowest BCUT2D eigenvalue weighted by atomic mass is 9.78. The van der Waals surface area contributed by atoms with Crippen LogP contribution in [-0.2, 0) is 15.7 Å². The molecule has 116 valence electrons. The van der Waals surface area contributed by atoms with Crippen molar-refractivity contribution in [1.82, 2.24) is 0 Å². The van der Waals surface area contributed by atoms with E-state index in [9.17, 15) is 0 Å². The van der Waals surface area contributed by atoms with Gasteiger partial charge in [0.1, 0.15) is 0 Å². The van der Waals surface area contributed by atoms with Crippen molar-refractivity contribution in [3.63, 3.8) is 0 Å². The molecule has 0 saturated carbocycles. The van der Waals surface area contributed by atoms with E-state index in [1.54, 1.807) is 0 Å². The zero-order valence-corrected chi connectivity index (χ0v) is 14.2. The van der Waals surface area contributed by atoms with Gasteiger partial charge in [-0.3, -0.25) is 5.84 Å². The molecule has 2 rings (SSSR count). The van der Waals surface area contributed by atoms with Crippen molar-refractivity contribution in [3.05, 3.63) is 22.7 Å². The fourth-order valence-electron chi connectivity index (χ4n) is 2.43. The standard InChI is InChI=1S/C15H24BClN2O2/c1-6-7-10-8-11(9-12(17)13(10)19-18)16-20-14(2,3)15(4,5)21-16/h8-9,19H,6-7,18H2,1-5H3. The molecule has 1 heterocycles. The van der Waals surface area contributed by atoms with Crippen molar-refractivity contribution in [1.29, 1.82) is 0 Å². The zero-order valence-electron chi connectivity index (χ0n) is 13.4. The monoisotopic (exact) mass is 310 g/mol. The number of hydrogen-bond acceptors (Lipinski definition) is 4. The molecule has 1 aromatic rings. The average molecular weight is 311 g/mol. The summed E-state index contributed by atoms with van der Waals surface area (Å²) in [7, 11) is -0.407. The summed E-state index contributed by atoms with van der Waals surface area (Å²) < 4.78 is 12.2. The number of rotatable bonds is 4. The number of nitrogens with two attached hydrogens (primary N) is 1. The maximum atomic E-state index is 6.34. The number of hydrogen-bond donors (Lipinski definition) is 2. The van der Waals surface area contributed by atoms with Gasteiger partial charge in [0.15, 0.2) is 0 Å². The first-order valence-corrected chi connectivity index (χ1v) is 7.74. The van der Waals surface area contributed by atoms with E-state index in [1.165, 1.54) is 0 Å². The summed E-state index contributed by atoms with van der Waals surface area (Å²) in [5.74, 6) is 5.57. The van der Waals surface area contributed by atoms with E-state index >= 15 is 0 Å². The molecule has 0 radical (unpaired) electrons. The minimum absolute atomic E-state index is 0.361. The first-order valence-electron chi connectivity index (χ1n) is 7.36. The van der Waals surface area contributed by atoms with Crippen LogP contribution in [-0.4, -0.2) is 18.3 Å². The smallest absolute Gasteiger partial charge is 0.399 e. The van der Waals surface area contributed by atoms with Crippen LogP contribution >= 0.6 is 11.6 Å². The van der Waals surface area contributed by atoms with Gasteiger partial charge < -0.3 is 14.7 Å². The number of nitrogen functional groups attached to an aromatic ring is 1. The van der Waals surface area contributed by atoms with Crippen LogP contribution in [0.4, 0.5) is 5.69 Å². The van der Waals surface area contributed by atoms with E-state index < -0.39 is 7.12 Å². The van der Waals surface area contributed by atoms with Crippen LogP contribution in [0.15, 0.2) is 12.1 Å². The normalized spacial score (nSPS) is 19.9. The Labute approximate surface area is 132 Å². The Morgan fingerprint density at radius 1 is 1.19 bits per heavy atom. The van der Waals surface area contributed by atoms with Crippen LogP contribution in [0.25, 0.3) is 0 Å². The van der Waals surface area contributed by atoms with E-state index in [-0.39, 0.29) is 11.2 Å². The highest BCUT2D eigenvalue weighted by molar-refractivity contribution is 6.62. The number of hydrazine groups is 1. The molecule has 0 spiro atoms. The molecule has 1 aliphatic rings. The Kier molecular flexibility index (Phi) is 4.59. The van der Waals surface area contributed by atoms with Crippen molar-refractivity contribution < 1.29 is 9.31 Å². The molecule has 21 heavy (non-hydrogen) atoms. The Morgan fingerprint density at radius 3 is 2.24 bits per heavy atom. The van der Waals surface area contributed by atoms with Gasteiger partial charge in [0, 0.05) is 0 Å². The molecule has 1 aliphatic heterocycles. The van der Waals surface area contributed by atoms with Crippen LogP contribution in [0, 0.1) is 0 Å². The maximum Gasteiger partial charge on any atom is 0.494 e. The summed E-state index contributed by atoms with van der Waals surface area (Å²) in [5.41, 5.74) is 4.75. The van der Waals surface area contributed by atoms with E-state index in [0.717, 1.165) is 29.6 Å². The van der Waals surface area contributed by atoms with Crippen molar-refractivity contribution >= 4 is 29.9 Å². The minimum Gasteiger partial charge on any atom is -0.399 e. The summed E-state index contributed by atoms with van der Waals surface area (Å²) in [5, 5.41) is 0.591. The maximum absolute atomic E-state index is 6.34. The van der Waals surface area contributed by atoms with Crippen LogP contribution < -0.4 is 16.7 Å². The molecule has 0 unspecified atom stereocenters. The second kappa shape index (κ2) is 5.80. The largest absolute Gasteiger partial charge is 0.494 e. The lowest BCUT2D eigenvalue weighted by Crippen LogP contribution is -2.41. The fourth-order valence-corrected chi connectivity index (χ4v) is 2.73. The SMILES string of the molecule is CCCc1cc(B2OC(C)(C)C(C)(C)O2)cc(Cl)c1NN. The van der Waals surface area contributed by atoms with Crippen molar-refractivity contribution in [3.8, 4) is 0 Å². The molecule has 1 saturated heterocycles. The molecule has 0 aromatic heterocycles. The molecule has 1 fully saturated rings. The first-order chi connectivity index (χ1) is 9.71. The molecule has 4 nitrogen and oxygen atoms in total. The molecule has 0 bridgehead atoms. The topological polar surface area (TPSA) is 56.5 Å². The van der Waals surface area contributed by atoms with Crippen molar-refractivity contribution in [2.45, 2.75) is 58.7 Å². The predicted octanol–water partition coefficient (Wildman–Crippen LogP) is 2.88. The van der Waals surface area contributed by atoms with Gasteiger partial charge in [-0.2, -0.15) is 0 Å². The van der Waals surface area contributed by atoms with Crippen LogP contribution in [0.1, 0.15) is 46.6 Å². The minimum atomic E-state index is -0.407. The van der Waals surface area contributed by atoms with Crippen molar-refractivity contribution in [2.75, 3.05) is 5.43 Å². The van der Waals surface area contributed by atoms with Crippen LogP contribution in [0.5, 0.6) is 0 Å². The number of anilines is 1. The summed E-state index contributed by atoms with van der Waals surface area (Å²) in [6.07, 6.45) is 1.91. The zero-order chi connectivity index (χ0) is 15.8. The first kappa shape index (κ1) is 16.6. The highest BCUT2D eigenvalue weighted by Crippen LogP contribution is 2.37. The molecular formula is C15H24BClN2O2. The van der Waals surface area contributed by atoms with Crippen LogP contribution in [0.3, 0.4) is 0 Å². The predicted molar refractivity (Wildman–Crippen MR) is 89.0 cm³/mol. The quantitative estimate of drug-likeness (QED) is 0.510. The van der Waals surface area contributed by atoms with Crippen molar-refractivity contribution in [2.24, 2.45) is 5.84 Å². The van der Waals surface area contributed by atoms with Crippen LogP contribution in [0.2, 0.25) is 5.02 Å². The second-order valence-corrected chi connectivity index (χ2v) is 6.93. The average Bonchev–Trinajstić information content (AvgIpc) is 2.58. The molecule has 0 amide bonds. The summed E-state index contributed by atoms with van der Waals surface area (Å²) >= 11 is 6.34. The van der Waals surface area contributed by atoms with Gasteiger partial charge in [-0.1, -0.05) is 31.0 Å².